The molecule has 2 aromatic rings. The molecular formula is C15H11CaO4+. The molecular weight excluding hydrogens is 284 g/mol. The minimum absolute atomic E-state index is 0. The quantitative estimate of drug-likeness (QED) is 0.685. The Morgan fingerprint density at radius 3 is 2.15 bits per heavy atom. The number of aromatic carboxylic acids is 1. The van der Waals surface area contributed by atoms with E-state index < -0.39 is 11.7 Å². The first kappa shape index (κ1) is 16.7. The van der Waals surface area contributed by atoms with Gasteiger partial charge in [-0.1, -0.05) is 48.2 Å². The fraction of sp³-hybridized carbons (Fsp3) is 0.0667. The maximum absolute atomic E-state index is 12.0. The Morgan fingerprint density at radius 1 is 0.950 bits per heavy atom. The van der Waals surface area contributed by atoms with Crippen LogP contribution in [-0.2, 0) is 6.42 Å². The summed E-state index contributed by atoms with van der Waals surface area (Å²) < 4.78 is 0. The molecule has 2 rings (SSSR count). The smallest absolute Gasteiger partial charge is 0.871 e. The fourth-order valence-corrected chi connectivity index (χ4v) is 1.80. The van der Waals surface area contributed by atoms with Crippen molar-refractivity contribution in [3.8, 4) is 5.75 Å². The summed E-state index contributed by atoms with van der Waals surface area (Å²) in [4.78, 5) is 22.9. The summed E-state index contributed by atoms with van der Waals surface area (Å²) in [6.07, 6.45) is 0.0825. The number of carboxylic acids is 1. The van der Waals surface area contributed by atoms with Gasteiger partial charge < -0.3 is 10.2 Å². The second-order valence-electron chi connectivity index (χ2n) is 4.07. The van der Waals surface area contributed by atoms with Crippen LogP contribution in [0.3, 0.4) is 0 Å². The van der Waals surface area contributed by atoms with Crippen LogP contribution in [0.5, 0.6) is 5.75 Å². The van der Waals surface area contributed by atoms with Gasteiger partial charge in [-0.3, -0.25) is 4.79 Å². The number of carbonyl (C=O) groups excluding carboxylic acids is 1. The minimum Gasteiger partial charge on any atom is -0.871 e. The number of carbonyl (C=O) groups is 2. The number of hydrogen-bond acceptors (Lipinski definition) is 3. The van der Waals surface area contributed by atoms with Crippen molar-refractivity contribution in [3.05, 3.63) is 65.2 Å². The van der Waals surface area contributed by atoms with Gasteiger partial charge in [-0.05, 0) is 11.6 Å². The van der Waals surface area contributed by atoms with Crippen LogP contribution in [0.2, 0.25) is 0 Å². The summed E-state index contributed by atoms with van der Waals surface area (Å²) >= 11 is 0. The number of benzene rings is 2. The van der Waals surface area contributed by atoms with Gasteiger partial charge in [0, 0.05) is 12.0 Å². The number of rotatable bonds is 4. The van der Waals surface area contributed by atoms with E-state index in [1.54, 1.807) is 24.3 Å². The van der Waals surface area contributed by atoms with E-state index in [1.807, 2.05) is 6.07 Å². The summed E-state index contributed by atoms with van der Waals surface area (Å²) in [6.45, 7) is 0. The van der Waals surface area contributed by atoms with Crippen molar-refractivity contribution in [1.82, 2.24) is 0 Å². The summed E-state index contributed by atoms with van der Waals surface area (Å²) in [7, 11) is 0. The van der Waals surface area contributed by atoms with Crippen LogP contribution in [0.25, 0.3) is 0 Å². The number of Topliss-reactive ketones (excluding diaryl/α,β-unsaturated/α-hetero) is 1. The molecule has 5 heteroatoms. The number of ketones is 1. The van der Waals surface area contributed by atoms with Crippen molar-refractivity contribution in [2.45, 2.75) is 6.42 Å². The van der Waals surface area contributed by atoms with Crippen LogP contribution in [0.1, 0.15) is 26.3 Å². The maximum Gasteiger partial charge on any atom is 2.00 e. The minimum atomic E-state index is -1.32. The molecule has 0 fully saturated rings. The molecule has 2 aromatic carbocycles. The third-order valence-electron chi connectivity index (χ3n) is 2.75. The van der Waals surface area contributed by atoms with E-state index in [2.05, 4.69) is 0 Å². The zero-order chi connectivity index (χ0) is 13.8. The summed E-state index contributed by atoms with van der Waals surface area (Å²) in [5, 5.41) is 20.7. The van der Waals surface area contributed by atoms with Gasteiger partial charge >= 0.3 is 43.7 Å². The number of carboxylic acid groups (broad SMARTS) is 1. The molecule has 0 bridgehead atoms. The molecule has 0 spiro atoms. The van der Waals surface area contributed by atoms with Crippen LogP contribution in [0, 0.1) is 0 Å². The molecule has 96 valence electrons. The van der Waals surface area contributed by atoms with E-state index in [-0.39, 0.29) is 61.1 Å². The Morgan fingerprint density at radius 2 is 1.55 bits per heavy atom. The predicted molar refractivity (Wildman–Crippen MR) is 73.1 cm³/mol. The Kier molecular flexibility index (Phi) is 6.20. The van der Waals surface area contributed by atoms with Gasteiger partial charge in [0.15, 0.2) is 5.78 Å². The largest absolute Gasteiger partial charge is 2.00 e. The standard InChI is InChI=1S/C15H12O4.Ca/c16-13(9-10-5-2-1-3-6-10)11-7-4-8-12(14(11)17)15(18)19;/h1-8,17H,9H2,(H,18,19);/q;+2/p-1. The van der Waals surface area contributed by atoms with Crippen LogP contribution >= 0.6 is 0 Å². The van der Waals surface area contributed by atoms with Crippen molar-refractivity contribution in [2.75, 3.05) is 0 Å². The maximum atomic E-state index is 12.0. The molecule has 0 aliphatic heterocycles. The Balaban J connectivity index is 0.00000200. The molecule has 0 atom stereocenters. The molecule has 20 heavy (non-hydrogen) atoms. The van der Waals surface area contributed by atoms with Crippen molar-refractivity contribution in [3.63, 3.8) is 0 Å². The molecule has 0 unspecified atom stereocenters. The molecule has 0 aliphatic rings. The van der Waals surface area contributed by atoms with Crippen molar-refractivity contribution in [1.29, 1.82) is 0 Å². The zero-order valence-electron chi connectivity index (χ0n) is 10.7. The summed E-state index contributed by atoms with van der Waals surface area (Å²) in [5.41, 5.74) is 0.329. The summed E-state index contributed by atoms with van der Waals surface area (Å²) in [5.74, 6) is -2.42. The van der Waals surface area contributed by atoms with Gasteiger partial charge in [0.1, 0.15) is 0 Å². The van der Waals surface area contributed by atoms with Crippen LogP contribution in [-0.4, -0.2) is 54.6 Å². The number of hydrogen-bond donors (Lipinski definition) is 1. The number of para-hydroxylation sites is 1. The SMILES string of the molecule is O=C(O)c1cccc(C(=O)Cc2ccccc2)c1[O-].[Ca+2]. The van der Waals surface area contributed by atoms with Gasteiger partial charge in [-0.2, -0.15) is 0 Å². The molecule has 0 radical (unpaired) electrons. The average Bonchev–Trinajstić information content (AvgIpc) is 2.39. The van der Waals surface area contributed by atoms with Crippen molar-refractivity contribution < 1.29 is 19.8 Å². The third kappa shape index (κ3) is 3.82. The first-order chi connectivity index (χ1) is 9.09. The molecule has 0 aromatic heterocycles. The van der Waals surface area contributed by atoms with Crippen LogP contribution in [0.15, 0.2) is 48.5 Å². The monoisotopic (exact) mass is 295 g/mol. The second kappa shape index (κ2) is 7.43. The van der Waals surface area contributed by atoms with Crippen molar-refractivity contribution >= 4 is 49.5 Å². The second-order valence-corrected chi connectivity index (χ2v) is 4.07. The van der Waals surface area contributed by atoms with Gasteiger partial charge in [0.25, 0.3) is 0 Å². The molecule has 1 N–H and O–H groups in total. The van der Waals surface area contributed by atoms with E-state index in [0.717, 1.165) is 5.56 Å². The van der Waals surface area contributed by atoms with E-state index in [0.29, 0.717) is 0 Å². The Labute approximate surface area is 146 Å². The normalized spacial score (nSPS) is 9.60. The molecule has 0 saturated carbocycles. The first-order valence-electron chi connectivity index (χ1n) is 5.70. The van der Waals surface area contributed by atoms with Crippen LogP contribution < -0.4 is 5.11 Å². The van der Waals surface area contributed by atoms with E-state index >= 15 is 0 Å². The van der Waals surface area contributed by atoms with Crippen molar-refractivity contribution in [2.24, 2.45) is 0 Å². The average molecular weight is 295 g/mol. The Hall–Kier alpha value is -1.36. The van der Waals surface area contributed by atoms with Crippen LogP contribution in [0.4, 0.5) is 0 Å². The zero-order valence-corrected chi connectivity index (χ0v) is 12.9. The summed E-state index contributed by atoms with van der Waals surface area (Å²) in [6, 6.07) is 13.0. The van der Waals surface area contributed by atoms with Gasteiger partial charge in [0.05, 0.1) is 5.56 Å². The van der Waals surface area contributed by atoms with E-state index in [9.17, 15) is 14.7 Å². The molecule has 0 saturated heterocycles. The molecule has 0 heterocycles. The predicted octanol–water partition coefficient (Wildman–Crippen LogP) is 1.50. The van der Waals surface area contributed by atoms with E-state index in [4.69, 9.17) is 5.11 Å². The Bertz CT molecular complexity index is 623. The van der Waals surface area contributed by atoms with Gasteiger partial charge in [-0.25, -0.2) is 4.79 Å². The fourth-order valence-electron chi connectivity index (χ4n) is 1.80. The topological polar surface area (TPSA) is 77.4 Å². The third-order valence-corrected chi connectivity index (χ3v) is 2.75. The molecule has 4 nitrogen and oxygen atoms in total. The van der Waals surface area contributed by atoms with Gasteiger partial charge in [-0.15, -0.1) is 0 Å². The molecule has 0 amide bonds. The first-order valence-corrected chi connectivity index (χ1v) is 5.70. The van der Waals surface area contributed by atoms with Gasteiger partial charge in [0.2, 0.25) is 0 Å². The van der Waals surface area contributed by atoms with E-state index in [1.165, 1.54) is 18.2 Å². The molecule has 0 aliphatic carbocycles.